The molecule has 1 amide bonds. The van der Waals surface area contributed by atoms with Crippen LogP contribution < -0.4 is 5.32 Å². The molecule has 3 nitrogen and oxygen atoms in total. The van der Waals surface area contributed by atoms with Crippen molar-refractivity contribution >= 4 is 5.91 Å². The zero-order chi connectivity index (χ0) is 14.9. The maximum absolute atomic E-state index is 12.1. The van der Waals surface area contributed by atoms with Crippen LogP contribution in [0.15, 0.2) is 24.3 Å². The lowest BCUT2D eigenvalue weighted by atomic mass is 10.0. The highest BCUT2D eigenvalue weighted by Gasteiger charge is 2.14. The van der Waals surface area contributed by atoms with Gasteiger partial charge in [0.1, 0.15) is 0 Å². The molecule has 1 aliphatic carbocycles. The first-order valence-corrected chi connectivity index (χ1v) is 7.77. The van der Waals surface area contributed by atoms with Crippen LogP contribution in [0.2, 0.25) is 0 Å². The van der Waals surface area contributed by atoms with Crippen LogP contribution in [0.25, 0.3) is 0 Å². The minimum absolute atomic E-state index is 0.0289. The van der Waals surface area contributed by atoms with Crippen molar-refractivity contribution in [1.82, 2.24) is 5.32 Å². The summed E-state index contributed by atoms with van der Waals surface area (Å²) in [5, 5.41) is 11.7. The minimum atomic E-state index is -0.0289. The normalized spacial score (nSPS) is 14.5. The van der Waals surface area contributed by atoms with Crippen molar-refractivity contribution in [3.8, 4) is 11.8 Å². The Morgan fingerprint density at radius 3 is 2.90 bits per heavy atom. The zero-order valence-electron chi connectivity index (χ0n) is 12.4. The second-order valence-corrected chi connectivity index (χ2v) is 5.55. The molecule has 112 valence electrons. The Hall–Kier alpha value is -1.79. The quantitative estimate of drug-likeness (QED) is 0.817. The van der Waals surface area contributed by atoms with Crippen molar-refractivity contribution < 1.29 is 9.90 Å². The number of hydrogen-bond donors (Lipinski definition) is 2. The molecule has 21 heavy (non-hydrogen) atoms. The van der Waals surface area contributed by atoms with E-state index < -0.39 is 0 Å². The average molecular weight is 285 g/mol. The Morgan fingerprint density at radius 1 is 1.33 bits per heavy atom. The second kappa shape index (κ2) is 8.49. The summed E-state index contributed by atoms with van der Waals surface area (Å²) in [7, 11) is 0. The molecule has 0 aliphatic heterocycles. The van der Waals surface area contributed by atoms with Gasteiger partial charge in [-0.2, -0.15) is 0 Å². The number of carbonyl (C=O) groups is 1. The third-order valence-corrected chi connectivity index (χ3v) is 3.91. The van der Waals surface area contributed by atoms with Crippen LogP contribution in [0, 0.1) is 17.8 Å². The number of nitrogens with one attached hydrogen (secondary N) is 1. The van der Waals surface area contributed by atoms with Crippen molar-refractivity contribution in [3.05, 3.63) is 35.4 Å². The van der Waals surface area contributed by atoms with Crippen LogP contribution >= 0.6 is 0 Å². The summed E-state index contributed by atoms with van der Waals surface area (Å²) in [6.45, 7) is 0.818. The highest BCUT2D eigenvalue weighted by molar-refractivity contribution is 5.94. The fourth-order valence-corrected chi connectivity index (χ4v) is 2.75. The van der Waals surface area contributed by atoms with Gasteiger partial charge in [0.15, 0.2) is 0 Å². The predicted octanol–water partition coefficient (Wildman–Crippen LogP) is 2.73. The molecule has 1 fully saturated rings. The molecule has 0 radical (unpaired) electrons. The van der Waals surface area contributed by atoms with E-state index in [1.807, 2.05) is 18.2 Å². The van der Waals surface area contributed by atoms with Gasteiger partial charge in [0, 0.05) is 24.1 Å². The van der Waals surface area contributed by atoms with Crippen molar-refractivity contribution in [2.45, 2.75) is 38.5 Å². The van der Waals surface area contributed by atoms with Crippen LogP contribution in [-0.4, -0.2) is 24.2 Å². The number of hydrogen-bond acceptors (Lipinski definition) is 2. The fraction of sp³-hybridized carbons (Fsp3) is 0.500. The first-order valence-electron chi connectivity index (χ1n) is 7.77. The number of amides is 1. The van der Waals surface area contributed by atoms with E-state index >= 15 is 0 Å². The van der Waals surface area contributed by atoms with Crippen LogP contribution in [0.3, 0.4) is 0 Å². The van der Waals surface area contributed by atoms with E-state index in [1.54, 1.807) is 6.07 Å². The number of rotatable bonds is 5. The van der Waals surface area contributed by atoms with Gasteiger partial charge in [0.05, 0.1) is 6.61 Å². The summed E-state index contributed by atoms with van der Waals surface area (Å²) in [5.74, 6) is 6.58. The minimum Gasteiger partial charge on any atom is -0.395 e. The van der Waals surface area contributed by atoms with Gasteiger partial charge in [-0.25, -0.2) is 0 Å². The molecule has 3 heteroatoms. The molecule has 0 atom stereocenters. The van der Waals surface area contributed by atoms with E-state index in [4.69, 9.17) is 5.11 Å². The molecule has 0 heterocycles. The molecule has 0 spiro atoms. The van der Waals surface area contributed by atoms with Gasteiger partial charge >= 0.3 is 0 Å². The Kier molecular flexibility index (Phi) is 6.30. The van der Waals surface area contributed by atoms with Gasteiger partial charge in [-0.1, -0.05) is 43.6 Å². The number of benzene rings is 1. The van der Waals surface area contributed by atoms with Crippen molar-refractivity contribution in [1.29, 1.82) is 0 Å². The van der Waals surface area contributed by atoms with E-state index in [2.05, 4.69) is 17.2 Å². The largest absolute Gasteiger partial charge is 0.395 e. The van der Waals surface area contributed by atoms with Crippen molar-refractivity contribution in [2.75, 3.05) is 13.2 Å². The van der Waals surface area contributed by atoms with Crippen molar-refractivity contribution in [2.24, 2.45) is 5.92 Å². The standard InChI is InChI=1S/C18H23NO2/c20-13-4-3-8-16-9-5-10-17(14-16)18(21)19-12-11-15-6-1-2-7-15/h5,9-10,14-15,20H,1-2,4,6-7,11-13H2,(H,19,21). The molecular formula is C18H23NO2. The maximum Gasteiger partial charge on any atom is 0.251 e. The molecular weight excluding hydrogens is 262 g/mol. The molecule has 1 aromatic rings. The van der Waals surface area contributed by atoms with E-state index in [-0.39, 0.29) is 12.5 Å². The van der Waals surface area contributed by atoms with Gasteiger partial charge in [-0.05, 0) is 30.5 Å². The van der Waals surface area contributed by atoms with Crippen LogP contribution in [0.5, 0.6) is 0 Å². The summed E-state index contributed by atoms with van der Waals surface area (Å²) in [6.07, 6.45) is 6.84. The molecule has 0 unspecified atom stereocenters. The third kappa shape index (κ3) is 5.24. The molecule has 1 aromatic carbocycles. The SMILES string of the molecule is O=C(NCCC1CCCC1)c1cccc(C#CCCO)c1. The third-order valence-electron chi connectivity index (χ3n) is 3.91. The average Bonchev–Trinajstić information content (AvgIpc) is 3.01. The Balaban J connectivity index is 1.84. The lowest BCUT2D eigenvalue weighted by Crippen LogP contribution is -2.25. The second-order valence-electron chi connectivity index (χ2n) is 5.55. The Labute approximate surface area is 126 Å². The summed E-state index contributed by atoms with van der Waals surface area (Å²) < 4.78 is 0. The summed E-state index contributed by atoms with van der Waals surface area (Å²) in [5.41, 5.74) is 1.46. The van der Waals surface area contributed by atoms with E-state index in [0.29, 0.717) is 12.0 Å². The van der Waals surface area contributed by atoms with Gasteiger partial charge in [-0.3, -0.25) is 4.79 Å². The van der Waals surface area contributed by atoms with E-state index in [0.717, 1.165) is 24.4 Å². The Bertz CT molecular complexity index is 522. The zero-order valence-corrected chi connectivity index (χ0v) is 12.4. The summed E-state index contributed by atoms with van der Waals surface area (Å²) >= 11 is 0. The topological polar surface area (TPSA) is 49.3 Å². The van der Waals surface area contributed by atoms with Gasteiger partial charge in [0.25, 0.3) is 5.91 Å². The lowest BCUT2D eigenvalue weighted by molar-refractivity contribution is 0.0951. The monoisotopic (exact) mass is 285 g/mol. The molecule has 0 saturated heterocycles. The highest BCUT2D eigenvalue weighted by atomic mass is 16.2. The van der Waals surface area contributed by atoms with Crippen LogP contribution in [0.4, 0.5) is 0 Å². The van der Waals surface area contributed by atoms with E-state index in [1.165, 1.54) is 25.7 Å². The van der Waals surface area contributed by atoms with E-state index in [9.17, 15) is 4.79 Å². The molecule has 0 bridgehead atoms. The van der Waals surface area contributed by atoms with Gasteiger partial charge in [-0.15, -0.1) is 0 Å². The number of carbonyl (C=O) groups excluding carboxylic acids is 1. The van der Waals surface area contributed by atoms with Crippen molar-refractivity contribution in [3.63, 3.8) is 0 Å². The van der Waals surface area contributed by atoms with Crippen LogP contribution in [0.1, 0.15) is 54.4 Å². The molecule has 1 saturated carbocycles. The number of aliphatic hydroxyl groups is 1. The summed E-state index contributed by atoms with van der Waals surface area (Å²) in [4.78, 5) is 12.1. The first kappa shape index (κ1) is 15.6. The lowest BCUT2D eigenvalue weighted by Gasteiger charge is -2.10. The number of aliphatic hydroxyl groups excluding tert-OH is 1. The maximum atomic E-state index is 12.1. The van der Waals surface area contributed by atoms with Gasteiger partial charge in [0.2, 0.25) is 0 Å². The fourth-order valence-electron chi connectivity index (χ4n) is 2.75. The Morgan fingerprint density at radius 2 is 2.14 bits per heavy atom. The smallest absolute Gasteiger partial charge is 0.251 e. The van der Waals surface area contributed by atoms with Gasteiger partial charge < -0.3 is 10.4 Å². The molecule has 1 aliphatic rings. The molecule has 2 rings (SSSR count). The van der Waals surface area contributed by atoms with Crippen LogP contribution in [-0.2, 0) is 0 Å². The molecule has 2 N–H and O–H groups in total. The predicted molar refractivity (Wildman–Crippen MR) is 83.9 cm³/mol. The first-order chi connectivity index (χ1) is 10.3. The highest BCUT2D eigenvalue weighted by Crippen LogP contribution is 2.26. The summed E-state index contributed by atoms with van der Waals surface area (Å²) in [6, 6.07) is 7.33. The molecule has 0 aromatic heterocycles.